The van der Waals surface area contributed by atoms with Gasteiger partial charge in [-0.2, -0.15) is 5.26 Å². The highest BCUT2D eigenvalue weighted by Gasteiger charge is 2.20. The third kappa shape index (κ3) is 2.53. The first kappa shape index (κ1) is 11.4. The Hall–Kier alpha value is -1.08. The molecule has 0 amide bonds. The highest BCUT2D eigenvalue weighted by atomic mass is 79.9. The second-order valence-electron chi connectivity index (χ2n) is 4.06. The third-order valence-electron chi connectivity index (χ3n) is 2.77. The van der Waals surface area contributed by atoms with Crippen molar-refractivity contribution in [3.8, 4) is 6.07 Å². The third-order valence-corrected chi connectivity index (χ3v) is 3.54. The molecule has 1 aromatic carbocycles. The van der Waals surface area contributed by atoms with Crippen molar-refractivity contribution in [1.29, 1.82) is 5.26 Å². The number of halogens is 2. The van der Waals surface area contributed by atoms with E-state index in [1.165, 1.54) is 12.8 Å². The Bertz CT molecular complexity index is 435. The molecule has 4 heteroatoms. The first-order valence-corrected chi connectivity index (χ1v) is 6.13. The van der Waals surface area contributed by atoms with E-state index in [0.717, 1.165) is 18.9 Å². The fourth-order valence-electron chi connectivity index (χ4n) is 1.59. The van der Waals surface area contributed by atoms with Gasteiger partial charge in [-0.05, 0) is 40.4 Å². The topological polar surface area (TPSA) is 35.8 Å². The summed E-state index contributed by atoms with van der Waals surface area (Å²) in [5.41, 5.74) is 0.789. The maximum Gasteiger partial charge on any atom is 0.161 e. The van der Waals surface area contributed by atoms with E-state index < -0.39 is 0 Å². The molecule has 2 nitrogen and oxygen atoms in total. The zero-order chi connectivity index (χ0) is 11.5. The molecule has 0 saturated heterocycles. The molecule has 2 rings (SSSR count). The van der Waals surface area contributed by atoms with Gasteiger partial charge in [0.1, 0.15) is 6.07 Å². The summed E-state index contributed by atoms with van der Waals surface area (Å²) in [5, 5.41) is 11.8. The summed E-state index contributed by atoms with van der Waals surface area (Å²) in [7, 11) is 0. The van der Waals surface area contributed by atoms with Gasteiger partial charge in [-0.1, -0.05) is 12.8 Å². The van der Waals surface area contributed by atoms with Crippen molar-refractivity contribution in [2.75, 3.05) is 11.9 Å². The fraction of sp³-hybridized carbons (Fsp3) is 0.417. The van der Waals surface area contributed by atoms with Crippen LogP contribution >= 0.6 is 15.9 Å². The number of nitrogens with one attached hydrogen (secondary N) is 1. The normalized spacial score (nSPS) is 14.6. The molecule has 1 aliphatic carbocycles. The maximum absolute atomic E-state index is 13.7. The van der Waals surface area contributed by atoms with Gasteiger partial charge in [0.05, 0.1) is 15.7 Å². The molecule has 0 aromatic heterocycles. The van der Waals surface area contributed by atoms with Gasteiger partial charge in [0.15, 0.2) is 5.82 Å². The number of rotatable bonds is 4. The monoisotopic (exact) mass is 282 g/mol. The van der Waals surface area contributed by atoms with E-state index >= 15 is 0 Å². The molecule has 0 atom stereocenters. The van der Waals surface area contributed by atoms with Crippen molar-refractivity contribution in [1.82, 2.24) is 0 Å². The maximum atomic E-state index is 13.7. The van der Waals surface area contributed by atoms with Crippen LogP contribution in [-0.4, -0.2) is 6.54 Å². The highest BCUT2D eigenvalue weighted by molar-refractivity contribution is 9.10. The van der Waals surface area contributed by atoms with E-state index in [1.807, 2.05) is 6.07 Å². The predicted molar refractivity (Wildman–Crippen MR) is 64.6 cm³/mol. The average Bonchev–Trinajstić information content (AvgIpc) is 3.08. The lowest BCUT2D eigenvalue weighted by Gasteiger charge is -2.08. The van der Waals surface area contributed by atoms with Gasteiger partial charge in [-0.15, -0.1) is 0 Å². The molecule has 16 heavy (non-hydrogen) atoms. The van der Waals surface area contributed by atoms with Crippen LogP contribution in [0, 0.1) is 23.1 Å². The second-order valence-corrected chi connectivity index (χ2v) is 4.85. The Morgan fingerprint density at radius 1 is 1.50 bits per heavy atom. The van der Waals surface area contributed by atoms with Gasteiger partial charge in [0.25, 0.3) is 0 Å². The van der Waals surface area contributed by atoms with Crippen LogP contribution in [0.5, 0.6) is 0 Å². The molecule has 1 N–H and O–H groups in total. The summed E-state index contributed by atoms with van der Waals surface area (Å²) in [6.45, 7) is 0.792. The molecule has 0 aliphatic heterocycles. The van der Waals surface area contributed by atoms with Crippen LogP contribution in [0.3, 0.4) is 0 Å². The van der Waals surface area contributed by atoms with E-state index in [1.54, 1.807) is 12.1 Å². The standard InChI is InChI=1S/C12H12BrFN2/c13-11-9(7-15)3-4-10(12(11)14)16-6-5-8-1-2-8/h3-4,8,16H,1-2,5-6H2. The molecular weight excluding hydrogens is 271 g/mol. The lowest BCUT2D eigenvalue weighted by atomic mass is 10.2. The second kappa shape index (κ2) is 4.84. The number of anilines is 1. The quantitative estimate of drug-likeness (QED) is 0.915. The molecule has 0 spiro atoms. The molecule has 0 bridgehead atoms. The number of hydrogen-bond acceptors (Lipinski definition) is 2. The molecule has 1 aliphatic rings. The van der Waals surface area contributed by atoms with Crippen molar-refractivity contribution in [3.05, 3.63) is 28.0 Å². The van der Waals surface area contributed by atoms with E-state index in [-0.39, 0.29) is 10.3 Å². The number of hydrogen-bond donors (Lipinski definition) is 1. The van der Waals surface area contributed by atoms with Gasteiger partial charge in [0.2, 0.25) is 0 Å². The SMILES string of the molecule is N#Cc1ccc(NCCC2CC2)c(F)c1Br. The van der Waals surface area contributed by atoms with Crippen molar-refractivity contribution < 1.29 is 4.39 Å². The van der Waals surface area contributed by atoms with E-state index in [0.29, 0.717) is 11.3 Å². The van der Waals surface area contributed by atoms with E-state index in [9.17, 15) is 4.39 Å². The Kier molecular flexibility index (Phi) is 3.45. The highest BCUT2D eigenvalue weighted by Crippen LogP contribution is 2.32. The summed E-state index contributed by atoms with van der Waals surface area (Å²) in [5.74, 6) is 0.451. The van der Waals surface area contributed by atoms with Crippen LogP contribution in [0.2, 0.25) is 0 Å². The lowest BCUT2D eigenvalue weighted by molar-refractivity contribution is 0.621. The predicted octanol–water partition coefficient (Wildman–Crippen LogP) is 3.67. The Labute approximate surface area is 103 Å². The first-order valence-electron chi connectivity index (χ1n) is 5.34. The average molecular weight is 283 g/mol. The van der Waals surface area contributed by atoms with Gasteiger partial charge in [0, 0.05) is 6.54 Å². The van der Waals surface area contributed by atoms with Crippen LogP contribution in [0.1, 0.15) is 24.8 Å². The molecule has 0 heterocycles. The zero-order valence-electron chi connectivity index (χ0n) is 8.76. The minimum Gasteiger partial charge on any atom is -0.383 e. The molecule has 0 radical (unpaired) electrons. The van der Waals surface area contributed by atoms with Gasteiger partial charge in [-0.25, -0.2) is 4.39 Å². The molecule has 84 valence electrons. The van der Waals surface area contributed by atoms with Gasteiger partial charge in [-0.3, -0.25) is 0 Å². The summed E-state index contributed by atoms with van der Waals surface area (Å²) in [4.78, 5) is 0. The summed E-state index contributed by atoms with van der Waals surface area (Å²) >= 11 is 3.09. The van der Waals surface area contributed by atoms with Gasteiger partial charge >= 0.3 is 0 Å². The van der Waals surface area contributed by atoms with Crippen LogP contribution in [0.15, 0.2) is 16.6 Å². The molecular formula is C12H12BrFN2. The fourth-order valence-corrected chi connectivity index (χ4v) is 2.02. The minimum atomic E-state index is -0.380. The smallest absolute Gasteiger partial charge is 0.161 e. The van der Waals surface area contributed by atoms with Crippen molar-refractivity contribution >= 4 is 21.6 Å². The first-order chi connectivity index (χ1) is 7.72. The minimum absolute atomic E-state index is 0.242. The number of benzene rings is 1. The lowest BCUT2D eigenvalue weighted by Crippen LogP contribution is -2.04. The summed E-state index contributed by atoms with van der Waals surface area (Å²) in [6, 6.07) is 5.17. The van der Waals surface area contributed by atoms with E-state index in [4.69, 9.17) is 5.26 Å². The van der Waals surface area contributed by atoms with Crippen LogP contribution in [0.25, 0.3) is 0 Å². The van der Waals surface area contributed by atoms with Crippen molar-refractivity contribution in [2.45, 2.75) is 19.3 Å². The van der Waals surface area contributed by atoms with Crippen LogP contribution in [0.4, 0.5) is 10.1 Å². The zero-order valence-corrected chi connectivity index (χ0v) is 10.3. The van der Waals surface area contributed by atoms with Crippen molar-refractivity contribution in [3.63, 3.8) is 0 Å². The van der Waals surface area contributed by atoms with E-state index in [2.05, 4.69) is 21.2 Å². The molecule has 1 saturated carbocycles. The van der Waals surface area contributed by atoms with Crippen LogP contribution in [-0.2, 0) is 0 Å². The molecule has 1 fully saturated rings. The van der Waals surface area contributed by atoms with Crippen LogP contribution < -0.4 is 5.32 Å². The van der Waals surface area contributed by atoms with Gasteiger partial charge < -0.3 is 5.32 Å². The Morgan fingerprint density at radius 3 is 2.88 bits per heavy atom. The summed E-state index contributed by atoms with van der Waals surface area (Å²) in [6.07, 6.45) is 3.71. The van der Waals surface area contributed by atoms with Crippen molar-refractivity contribution in [2.24, 2.45) is 5.92 Å². The molecule has 1 aromatic rings. The summed E-state index contributed by atoms with van der Waals surface area (Å²) < 4.78 is 14.0. The number of nitrogens with zero attached hydrogens (tertiary/aromatic N) is 1. The Morgan fingerprint density at radius 2 is 2.25 bits per heavy atom. The number of nitriles is 1. The molecule has 0 unspecified atom stereocenters. The Balaban J connectivity index is 2.03. The largest absolute Gasteiger partial charge is 0.383 e.